The van der Waals surface area contributed by atoms with E-state index in [1.807, 2.05) is 25.1 Å². The third-order valence-corrected chi connectivity index (χ3v) is 3.32. The normalized spacial score (nSPS) is 22.9. The second kappa shape index (κ2) is 4.88. The molecule has 1 aromatic carbocycles. The molecule has 1 aromatic rings. The maximum absolute atomic E-state index is 11.1. The molecule has 1 saturated carbocycles. The molecular formula is C13H16ClNO. The summed E-state index contributed by atoms with van der Waals surface area (Å²) < 4.78 is 0. The number of hydrogen-bond acceptors (Lipinski definition) is 1. The first-order chi connectivity index (χ1) is 7.70. The summed E-state index contributed by atoms with van der Waals surface area (Å²) in [6, 6.07) is 8.00. The second-order valence-electron chi connectivity index (χ2n) is 4.31. The van der Waals surface area contributed by atoms with Crippen molar-refractivity contribution in [3.63, 3.8) is 0 Å². The molecule has 0 spiro atoms. The van der Waals surface area contributed by atoms with Gasteiger partial charge in [0.05, 0.1) is 0 Å². The van der Waals surface area contributed by atoms with Crippen molar-refractivity contribution in [3.05, 3.63) is 34.9 Å². The van der Waals surface area contributed by atoms with Gasteiger partial charge in [-0.25, -0.2) is 0 Å². The van der Waals surface area contributed by atoms with E-state index >= 15 is 0 Å². The van der Waals surface area contributed by atoms with Crippen LogP contribution in [-0.4, -0.2) is 12.5 Å². The fraction of sp³-hybridized carbons (Fsp3) is 0.462. The zero-order valence-electron chi connectivity index (χ0n) is 9.37. The van der Waals surface area contributed by atoms with Crippen molar-refractivity contribution >= 4 is 17.5 Å². The Hall–Kier alpha value is -1.02. The molecule has 2 unspecified atom stereocenters. The Morgan fingerprint density at radius 1 is 1.56 bits per heavy atom. The molecule has 2 atom stereocenters. The summed E-state index contributed by atoms with van der Waals surface area (Å²) in [5.41, 5.74) is 1.29. The first kappa shape index (κ1) is 11.5. The Morgan fingerprint density at radius 3 is 3.06 bits per heavy atom. The van der Waals surface area contributed by atoms with Gasteiger partial charge in [-0.2, -0.15) is 0 Å². The predicted molar refractivity (Wildman–Crippen MR) is 65.6 cm³/mol. The maximum atomic E-state index is 11.1. The molecule has 3 heteroatoms. The number of nitrogens with one attached hydrogen (secondary N) is 1. The molecule has 0 bridgehead atoms. The SMILES string of the molecule is CCC(=O)NCC1CC1c1cccc(Cl)c1. The fourth-order valence-electron chi connectivity index (χ4n) is 1.99. The van der Waals surface area contributed by atoms with Crippen LogP contribution < -0.4 is 5.32 Å². The Morgan fingerprint density at radius 2 is 2.38 bits per heavy atom. The van der Waals surface area contributed by atoms with E-state index in [-0.39, 0.29) is 5.91 Å². The molecule has 16 heavy (non-hydrogen) atoms. The standard InChI is InChI=1S/C13H16ClNO/c1-2-13(16)15-8-10-7-12(10)9-4-3-5-11(14)6-9/h3-6,10,12H,2,7-8H2,1H3,(H,15,16). The molecule has 0 aromatic heterocycles. The van der Waals surface area contributed by atoms with Gasteiger partial charge in [-0.3, -0.25) is 4.79 Å². The van der Waals surface area contributed by atoms with Gasteiger partial charge >= 0.3 is 0 Å². The number of carbonyl (C=O) groups is 1. The molecule has 1 aliphatic carbocycles. The van der Waals surface area contributed by atoms with Gasteiger partial charge in [0.15, 0.2) is 0 Å². The highest BCUT2D eigenvalue weighted by molar-refractivity contribution is 6.30. The van der Waals surface area contributed by atoms with Crippen LogP contribution in [-0.2, 0) is 4.79 Å². The molecule has 1 amide bonds. The quantitative estimate of drug-likeness (QED) is 0.857. The van der Waals surface area contributed by atoms with E-state index in [1.165, 1.54) is 5.56 Å². The van der Waals surface area contributed by atoms with E-state index in [1.54, 1.807) is 0 Å². The van der Waals surface area contributed by atoms with Crippen LogP contribution in [0.5, 0.6) is 0 Å². The summed E-state index contributed by atoms with van der Waals surface area (Å²) in [4.78, 5) is 11.1. The number of carbonyl (C=O) groups excluding carboxylic acids is 1. The second-order valence-corrected chi connectivity index (χ2v) is 4.75. The third-order valence-electron chi connectivity index (χ3n) is 3.08. The molecule has 0 heterocycles. The van der Waals surface area contributed by atoms with Crippen molar-refractivity contribution in [1.29, 1.82) is 0 Å². The van der Waals surface area contributed by atoms with Crippen LogP contribution in [0.2, 0.25) is 5.02 Å². The van der Waals surface area contributed by atoms with Crippen LogP contribution in [0.3, 0.4) is 0 Å². The Kier molecular flexibility index (Phi) is 3.49. The van der Waals surface area contributed by atoms with E-state index < -0.39 is 0 Å². The summed E-state index contributed by atoms with van der Waals surface area (Å²) in [7, 11) is 0. The monoisotopic (exact) mass is 237 g/mol. The van der Waals surface area contributed by atoms with Gasteiger partial charge in [0.25, 0.3) is 0 Å². The van der Waals surface area contributed by atoms with Crippen molar-refractivity contribution in [1.82, 2.24) is 5.32 Å². The van der Waals surface area contributed by atoms with Gasteiger partial charge < -0.3 is 5.32 Å². The molecule has 0 radical (unpaired) electrons. The lowest BCUT2D eigenvalue weighted by Crippen LogP contribution is -2.24. The average Bonchev–Trinajstić information content (AvgIpc) is 3.05. The minimum atomic E-state index is 0.136. The molecule has 2 nitrogen and oxygen atoms in total. The highest BCUT2D eigenvalue weighted by atomic mass is 35.5. The van der Waals surface area contributed by atoms with E-state index in [0.717, 1.165) is 18.0 Å². The summed E-state index contributed by atoms with van der Waals surface area (Å²) in [5.74, 6) is 1.31. The van der Waals surface area contributed by atoms with Crippen LogP contribution in [0, 0.1) is 5.92 Å². The zero-order valence-corrected chi connectivity index (χ0v) is 10.1. The van der Waals surface area contributed by atoms with Crippen molar-refractivity contribution in [2.45, 2.75) is 25.7 Å². The average molecular weight is 238 g/mol. The van der Waals surface area contributed by atoms with Crippen LogP contribution in [0.25, 0.3) is 0 Å². The smallest absolute Gasteiger partial charge is 0.219 e. The van der Waals surface area contributed by atoms with Gasteiger partial charge in [0, 0.05) is 18.0 Å². The highest BCUT2D eigenvalue weighted by Gasteiger charge is 2.38. The number of halogens is 1. The van der Waals surface area contributed by atoms with Crippen LogP contribution >= 0.6 is 11.6 Å². The first-order valence-electron chi connectivity index (χ1n) is 5.73. The predicted octanol–water partition coefficient (Wildman–Crippen LogP) is 2.97. The fourth-order valence-corrected chi connectivity index (χ4v) is 2.19. The maximum Gasteiger partial charge on any atom is 0.219 e. The van der Waals surface area contributed by atoms with Gasteiger partial charge in [0.1, 0.15) is 0 Å². The van der Waals surface area contributed by atoms with Crippen molar-refractivity contribution in [2.75, 3.05) is 6.54 Å². The van der Waals surface area contributed by atoms with Gasteiger partial charge in [-0.15, -0.1) is 0 Å². The summed E-state index contributed by atoms with van der Waals surface area (Å²) >= 11 is 5.94. The largest absolute Gasteiger partial charge is 0.356 e. The molecule has 1 fully saturated rings. The van der Waals surface area contributed by atoms with E-state index in [4.69, 9.17) is 11.6 Å². The third kappa shape index (κ3) is 2.76. The summed E-state index contributed by atoms with van der Waals surface area (Å²) in [6.07, 6.45) is 1.72. The number of amides is 1. The van der Waals surface area contributed by atoms with Gasteiger partial charge in [-0.1, -0.05) is 30.7 Å². The zero-order chi connectivity index (χ0) is 11.5. The lowest BCUT2D eigenvalue weighted by atomic mass is 10.1. The minimum Gasteiger partial charge on any atom is -0.356 e. The van der Waals surface area contributed by atoms with Gasteiger partial charge in [-0.05, 0) is 36.0 Å². The van der Waals surface area contributed by atoms with Crippen molar-refractivity contribution in [3.8, 4) is 0 Å². The first-order valence-corrected chi connectivity index (χ1v) is 6.10. The van der Waals surface area contributed by atoms with E-state index in [2.05, 4.69) is 11.4 Å². The minimum absolute atomic E-state index is 0.136. The van der Waals surface area contributed by atoms with Crippen molar-refractivity contribution < 1.29 is 4.79 Å². The topological polar surface area (TPSA) is 29.1 Å². The van der Waals surface area contributed by atoms with Crippen LogP contribution in [0.4, 0.5) is 0 Å². The molecule has 0 aliphatic heterocycles. The molecule has 1 N–H and O–H groups in total. The molecule has 0 saturated heterocycles. The lowest BCUT2D eigenvalue weighted by molar-refractivity contribution is -0.120. The van der Waals surface area contributed by atoms with Gasteiger partial charge in [0.2, 0.25) is 5.91 Å². The molecule has 2 rings (SSSR count). The molecule has 1 aliphatic rings. The van der Waals surface area contributed by atoms with Crippen LogP contribution in [0.15, 0.2) is 24.3 Å². The Labute approximate surface area is 101 Å². The number of rotatable bonds is 4. The molecule has 86 valence electrons. The highest BCUT2D eigenvalue weighted by Crippen LogP contribution is 2.47. The Bertz CT molecular complexity index is 391. The molecular weight excluding hydrogens is 222 g/mol. The number of hydrogen-bond donors (Lipinski definition) is 1. The van der Waals surface area contributed by atoms with E-state index in [0.29, 0.717) is 18.3 Å². The van der Waals surface area contributed by atoms with E-state index in [9.17, 15) is 4.79 Å². The lowest BCUT2D eigenvalue weighted by Gasteiger charge is -2.03. The Balaban J connectivity index is 1.85. The van der Waals surface area contributed by atoms with Crippen molar-refractivity contribution in [2.24, 2.45) is 5.92 Å². The number of benzene rings is 1. The van der Waals surface area contributed by atoms with Crippen LogP contribution in [0.1, 0.15) is 31.2 Å². The summed E-state index contributed by atoms with van der Waals surface area (Å²) in [5, 5.41) is 3.73. The summed E-state index contributed by atoms with van der Waals surface area (Å²) in [6.45, 7) is 2.67.